The molecule has 30 heavy (non-hydrogen) atoms. The predicted molar refractivity (Wildman–Crippen MR) is 112 cm³/mol. The highest BCUT2D eigenvalue weighted by molar-refractivity contribution is 6.33. The topological polar surface area (TPSA) is 89.9 Å². The first-order chi connectivity index (χ1) is 14.7. The lowest BCUT2D eigenvalue weighted by molar-refractivity contribution is -0.130. The average Bonchev–Trinajstić information content (AvgIpc) is 3.53. The fourth-order valence-corrected chi connectivity index (χ4v) is 3.90. The van der Waals surface area contributed by atoms with Gasteiger partial charge in [-0.25, -0.2) is 4.68 Å². The van der Waals surface area contributed by atoms with Crippen molar-refractivity contribution in [3.8, 4) is 22.8 Å². The normalized spacial score (nSPS) is 14.0. The molecule has 0 saturated carbocycles. The number of likely N-dealkylation sites (tertiary alicyclic amines) is 1. The van der Waals surface area contributed by atoms with Crippen molar-refractivity contribution >= 4 is 28.5 Å². The Balaban J connectivity index is 1.35. The molecule has 0 bridgehead atoms. The van der Waals surface area contributed by atoms with Crippen LogP contribution in [0.5, 0.6) is 0 Å². The highest BCUT2D eigenvalue weighted by atomic mass is 35.5. The molecule has 1 amide bonds. The molecule has 1 saturated heterocycles. The maximum absolute atomic E-state index is 12.3. The van der Waals surface area contributed by atoms with Gasteiger partial charge in [0.25, 0.3) is 5.89 Å². The largest absolute Gasteiger partial charge is 0.343 e. The van der Waals surface area contributed by atoms with Crippen LogP contribution in [0.1, 0.15) is 19.3 Å². The van der Waals surface area contributed by atoms with E-state index in [2.05, 4.69) is 20.5 Å². The second-order valence-corrected chi connectivity index (χ2v) is 7.66. The Hall–Kier alpha value is -3.26. The highest BCUT2D eigenvalue weighted by Gasteiger charge is 2.18. The van der Waals surface area contributed by atoms with Crippen molar-refractivity contribution in [1.29, 1.82) is 0 Å². The van der Waals surface area contributed by atoms with Gasteiger partial charge in [0.2, 0.25) is 11.7 Å². The average molecular weight is 423 g/mol. The molecule has 0 atom stereocenters. The van der Waals surface area contributed by atoms with Gasteiger partial charge in [0.05, 0.1) is 22.6 Å². The van der Waals surface area contributed by atoms with E-state index in [0.29, 0.717) is 40.8 Å². The van der Waals surface area contributed by atoms with Crippen LogP contribution in [0.15, 0.2) is 47.0 Å². The number of aromatic nitrogens is 5. The first-order valence-corrected chi connectivity index (χ1v) is 10.3. The summed E-state index contributed by atoms with van der Waals surface area (Å²) in [4.78, 5) is 18.7. The smallest absolute Gasteiger partial charge is 0.259 e. The van der Waals surface area contributed by atoms with Crippen molar-refractivity contribution in [3.63, 3.8) is 0 Å². The Morgan fingerprint density at radius 1 is 1.13 bits per heavy atom. The minimum absolute atomic E-state index is 0.173. The number of fused-ring (bicyclic) bond motifs is 1. The summed E-state index contributed by atoms with van der Waals surface area (Å²) in [6, 6.07) is 13.0. The van der Waals surface area contributed by atoms with Crippen LogP contribution in [-0.4, -0.2) is 49.0 Å². The van der Waals surface area contributed by atoms with Gasteiger partial charge < -0.3 is 9.42 Å². The van der Waals surface area contributed by atoms with Gasteiger partial charge in [-0.1, -0.05) is 34.1 Å². The SMILES string of the molecule is O=C(CCn1nnc2cc(-c3noc(-c4ccccc4Cl)n3)ccc21)N1CCCC1. The Bertz CT molecular complexity index is 1210. The van der Waals surface area contributed by atoms with E-state index in [9.17, 15) is 4.79 Å². The third-order valence-corrected chi connectivity index (χ3v) is 5.63. The third kappa shape index (κ3) is 3.54. The molecule has 0 N–H and O–H groups in total. The molecule has 0 radical (unpaired) electrons. The van der Waals surface area contributed by atoms with Crippen molar-refractivity contribution < 1.29 is 9.32 Å². The van der Waals surface area contributed by atoms with E-state index in [-0.39, 0.29) is 5.91 Å². The van der Waals surface area contributed by atoms with Gasteiger partial charge in [-0.15, -0.1) is 5.10 Å². The van der Waals surface area contributed by atoms with E-state index in [1.54, 1.807) is 10.7 Å². The monoisotopic (exact) mass is 422 g/mol. The van der Waals surface area contributed by atoms with Gasteiger partial charge in [0.15, 0.2) is 0 Å². The lowest BCUT2D eigenvalue weighted by Crippen LogP contribution is -2.28. The van der Waals surface area contributed by atoms with Gasteiger partial charge >= 0.3 is 0 Å². The Kier molecular flexibility index (Phi) is 4.92. The molecule has 2 aromatic heterocycles. The first-order valence-electron chi connectivity index (χ1n) is 9.89. The van der Waals surface area contributed by atoms with E-state index in [1.807, 2.05) is 41.3 Å². The van der Waals surface area contributed by atoms with E-state index in [4.69, 9.17) is 16.1 Å². The van der Waals surface area contributed by atoms with Gasteiger partial charge in [0, 0.05) is 25.1 Å². The summed E-state index contributed by atoms with van der Waals surface area (Å²) < 4.78 is 7.15. The van der Waals surface area contributed by atoms with Crippen LogP contribution in [0.2, 0.25) is 5.02 Å². The molecule has 0 aliphatic carbocycles. The number of hydrogen-bond acceptors (Lipinski definition) is 6. The summed E-state index contributed by atoms with van der Waals surface area (Å²) in [5.74, 6) is 0.983. The standard InChI is InChI=1S/C21H19ClN6O2/c22-16-6-2-1-5-15(16)21-23-20(25-30-21)14-7-8-18-17(13-14)24-26-28(18)12-9-19(29)27-10-3-4-11-27/h1-2,5-8,13H,3-4,9-12H2. The van der Waals surface area contributed by atoms with Crippen molar-refractivity contribution in [2.24, 2.45) is 0 Å². The molecule has 8 nitrogen and oxygen atoms in total. The van der Waals surface area contributed by atoms with E-state index < -0.39 is 0 Å². The quantitative estimate of drug-likeness (QED) is 0.485. The molecule has 3 heterocycles. The summed E-state index contributed by atoms with van der Waals surface area (Å²) >= 11 is 6.21. The van der Waals surface area contributed by atoms with Crippen molar-refractivity contribution in [1.82, 2.24) is 30.0 Å². The predicted octanol–water partition coefficient (Wildman–Crippen LogP) is 3.81. The lowest BCUT2D eigenvalue weighted by atomic mass is 10.2. The van der Waals surface area contributed by atoms with E-state index in [0.717, 1.165) is 37.0 Å². The minimum atomic E-state index is 0.173. The molecule has 152 valence electrons. The van der Waals surface area contributed by atoms with Crippen LogP contribution >= 0.6 is 11.6 Å². The second-order valence-electron chi connectivity index (χ2n) is 7.26. The number of nitrogens with zero attached hydrogens (tertiary/aromatic N) is 6. The van der Waals surface area contributed by atoms with Crippen molar-refractivity contribution in [2.75, 3.05) is 13.1 Å². The van der Waals surface area contributed by atoms with Crippen LogP contribution in [0.25, 0.3) is 33.9 Å². The first kappa shape index (κ1) is 18.7. The third-order valence-electron chi connectivity index (χ3n) is 5.30. The summed E-state index contributed by atoms with van der Waals surface area (Å²) in [5, 5.41) is 13.1. The summed E-state index contributed by atoms with van der Waals surface area (Å²) in [5.41, 5.74) is 3.03. The molecule has 9 heteroatoms. The van der Waals surface area contributed by atoms with Gasteiger partial charge in [-0.3, -0.25) is 4.79 Å². The molecule has 1 aliphatic rings. The number of carbonyl (C=O) groups is 1. The lowest BCUT2D eigenvalue weighted by Gasteiger charge is -2.14. The fourth-order valence-electron chi connectivity index (χ4n) is 3.69. The van der Waals surface area contributed by atoms with Gasteiger partial charge in [0.1, 0.15) is 5.52 Å². The maximum atomic E-state index is 12.3. The number of halogens is 1. The molecule has 2 aromatic carbocycles. The summed E-state index contributed by atoms with van der Waals surface area (Å²) in [6.45, 7) is 2.23. The van der Waals surface area contributed by atoms with Crippen molar-refractivity contribution in [3.05, 3.63) is 47.5 Å². The molecular formula is C21H19ClN6O2. The van der Waals surface area contributed by atoms with Crippen molar-refractivity contribution in [2.45, 2.75) is 25.8 Å². The molecular weight excluding hydrogens is 404 g/mol. The zero-order chi connectivity index (χ0) is 20.5. The number of benzene rings is 2. The van der Waals surface area contributed by atoms with Crippen LogP contribution in [-0.2, 0) is 11.3 Å². The molecule has 5 rings (SSSR count). The molecule has 0 unspecified atom stereocenters. The number of aryl methyl sites for hydroxylation is 1. The molecule has 4 aromatic rings. The number of amides is 1. The summed E-state index contributed by atoms with van der Waals surface area (Å²) in [6.07, 6.45) is 2.61. The van der Waals surface area contributed by atoms with Crippen LogP contribution in [0.4, 0.5) is 0 Å². The van der Waals surface area contributed by atoms with E-state index >= 15 is 0 Å². The molecule has 1 aliphatic heterocycles. The Morgan fingerprint density at radius 3 is 2.80 bits per heavy atom. The zero-order valence-electron chi connectivity index (χ0n) is 16.2. The highest BCUT2D eigenvalue weighted by Crippen LogP contribution is 2.28. The second kappa shape index (κ2) is 7.87. The Morgan fingerprint density at radius 2 is 1.97 bits per heavy atom. The minimum Gasteiger partial charge on any atom is -0.343 e. The van der Waals surface area contributed by atoms with Gasteiger partial charge in [-0.05, 0) is 43.2 Å². The van der Waals surface area contributed by atoms with E-state index in [1.165, 1.54) is 0 Å². The number of rotatable bonds is 5. The number of hydrogen-bond donors (Lipinski definition) is 0. The maximum Gasteiger partial charge on any atom is 0.259 e. The fraction of sp³-hybridized carbons (Fsp3) is 0.286. The number of carbonyl (C=O) groups excluding carboxylic acids is 1. The van der Waals surface area contributed by atoms with Crippen LogP contribution in [0.3, 0.4) is 0 Å². The van der Waals surface area contributed by atoms with Gasteiger partial charge in [-0.2, -0.15) is 4.98 Å². The summed E-state index contributed by atoms with van der Waals surface area (Å²) in [7, 11) is 0. The molecule has 0 spiro atoms. The van der Waals surface area contributed by atoms with Crippen LogP contribution in [0, 0.1) is 0 Å². The zero-order valence-corrected chi connectivity index (χ0v) is 16.9. The van der Waals surface area contributed by atoms with Crippen LogP contribution < -0.4 is 0 Å². The molecule has 1 fully saturated rings. The Labute approximate surface area is 177 Å².